The maximum Gasteiger partial charge on any atom is 0.306 e. The second-order valence-electron chi connectivity index (χ2n) is 4.98. The van der Waals surface area contributed by atoms with Crippen molar-refractivity contribution in [2.24, 2.45) is 5.92 Å². The minimum atomic E-state index is -0.768. The molecule has 0 bridgehead atoms. The van der Waals surface area contributed by atoms with Crippen LogP contribution in [0.4, 0.5) is 4.39 Å². The second kappa shape index (κ2) is 6.35. The fraction of sp³-hybridized carbons (Fsp3) is 0.429. The number of hydrogen-bond acceptors (Lipinski definition) is 2. The summed E-state index contributed by atoms with van der Waals surface area (Å²) in [6, 6.07) is 3.89. The molecule has 2 N–H and O–H groups in total. The Hall–Kier alpha value is -1.43. The van der Waals surface area contributed by atoms with E-state index in [1.165, 1.54) is 18.2 Å². The van der Waals surface area contributed by atoms with Crippen molar-refractivity contribution in [1.82, 2.24) is 5.32 Å². The molecule has 0 aromatic heterocycles. The molecule has 1 aliphatic carbocycles. The number of amides is 1. The van der Waals surface area contributed by atoms with E-state index in [4.69, 9.17) is 5.11 Å². The molecule has 0 unspecified atom stereocenters. The van der Waals surface area contributed by atoms with Crippen molar-refractivity contribution in [3.05, 3.63) is 34.1 Å². The van der Waals surface area contributed by atoms with Crippen molar-refractivity contribution in [1.29, 1.82) is 0 Å². The molecule has 0 heterocycles. The van der Waals surface area contributed by atoms with Gasteiger partial charge in [-0.15, -0.1) is 0 Å². The lowest BCUT2D eigenvalue weighted by Gasteiger charge is -2.26. The highest BCUT2D eigenvalue weighted by Crippen LogP contribution is 2.25. The first-order chi connectivity index (χ1) is 9.47. The van der Waals surface area contributed by atoms with Crippen LogP contribution >= 0.6 is 15.9 Å². The predicted octanol–water partition coefficient (Wildman–Crippen LogP) is 2.96. The summed E-state index contributed by atoms with van der Waals surface area (Å²) in [4.78, 5) is 22.9. The fourth-order valence-electron chi connectivity index (χ4n) is 2.42. The van der Waals surface area contributed by atoms with E-state index in [0.717, 1.165) is 0 Å². The summed E-state index contributed by atoms with van der Waals surface area (Å²) in [5, 5.41) is 11.8. The van der Waals surface area contributed by atoms with Crippen LogP contribution in [0.15, 0.2) is 22.7 Å². The maximum absolute atomic E-state index is 13.0. The number of nitrogens with one attached hydrogen (secondary N) is 1. The highest BCUT2D eigenvalue weighted by atomic mass is 79.9. The van der Waals surface area contributed by atoms with Gasteiger partial charge in [0, 0.05) is 10.5 Å². The fourth-order valence-corrected chi connectivity index (χ4v) is 2.95. The Morgan fingerprint density at radius 2 is 1.90 bits per heavy atom. The molecule has 0 radical (unpaired) electrons. The molecule has 1 aromatic rings. The molecule has 0 spiro atoms. The molecule has 1 amide bonds. The number of carbonyl (C=O) groups is 2. The molecule has 20 heavy (non-hydrogen) atoms. The number of carboxylic acid groups (broad SMARTS) is 1. The second-order valence-corrected chi connectivity index (χ2v) is 5.84. The number of carboxylic acids is 1. The van der Waals surface area contributed by atoms with Gasteiger partial charge in [0.1, 0.15) is 5.82 Å². The SMILES string of the molecule is O=C(NC1CCC(C(=O)O)CC1)c1ccc(F)cc1Br. The summed E-state index contributed by atoms with van der Waals surface area (Å²) < 4.78 is 13.4. The van der Waals surface area contributed by atoms with E-state index in [0.29, 0.717) is 35.7 Å². The molecule has 0 saturated heterocycles. The topological polar surface area (TPSA) is 66.4 Å². The Kier molecular flexibility index (Phi) is 4.75. The van der Waals surface area contributed by atoms with Gasteiger partial charge in [-0.1, -0.05) is 0 Å². The lowest BCUT2D eigenvalue weighted by atomic mass is 9.86. The zero-order chi connectivity index (χ0) is 14.7. The number of rotatable bonds is 3. The van der Waals surface area contributed by atoms with Gasteiger partial charge in [-0.25, -0.2) is 4.39 Å². The quantitative estimate of drug-likeness (QED) is 0.886. The molecule has 1 saturated carbocycles. The lowest BCUT2D eigenvalue weighted by Crippen LogP contribution is -2.38. The van der Waals surface area contributed by atoms with E-state index in [1.807, 2.05) is 0 Å². The standard InChI is InChI=1S/C14H15BrFNO3/c15-12-7-9(16)3-6-11(12)13(18)17-10-4-1-8(2-5-10)14(19)20/h3,6-8,10H,1-2,4-5H2,(H,17,18)(H,19,20). The molecule has 4 nitrogen and oxygen atoms in total. The van der Waals surface area contributed by atoms with E-state index >= 15 is 0 Å². The molecule has 0 aliphatic heterocycles. The van der Waals surface area contributed by atoms with Crippen LogP contribution in [-0.2, 0) is 4.79 Å². The minimum absolute atomic E-state index is 0.0185. The van der Waals surface area contributed by atoms with Gasteiger partial charge < -0.3 is 10.4 Å². The van der Waals surface area contributed by atoms with Crippen LogP contribution in [0.3, 0.4) is 0 Å². The lowest BCUT2D eigenvalue weighted by molar-refractivity contribution is -0.142. The minimum Gasteiger partial charge on any atom is -0.481 e. The molecule has 0 atom stereocenters. The average Bonchev–Trinajstić information content (AvgIpc) is 2.39. The Labute approximate surface area is 124 Å². The third kappa shape index (κ3) is 3.56. The van der Waals surface area contributed by atoms with E-state index < -0.39 is 11.8 Å². The van der Waals surface area contributed by atoms with E-state index in [9.17, 15) is 14.0 Å². The van der Waals surface area contributed by atoms with Crippen LogP contribution in [0, 0.1) is 11.7 Å². The van der Waals surface area contributed by atoms with Crippen LogP contribution in [0.1, 0.15) is 36.0 Å². The monoisotopic (exact) mass is 343 g/mol. The van der Waals surface area contributed by atoms with Gasteiger partial charge in [0.15, 0.2) is 0 Å². The van der Waals surface area contributed by atoms with Gasteiger partial charge in [-0.2, -0.15) is 0 Å². The van der Waals surface area contributed by atoms with Gasteiger partial charge in [-0.05, 0) is 59.8 Å². The summed E-state index contributed by atoms with van der Waals surface area (Å²) in [5.41, 5.74) is 0.381. The smallest absolute Gasteiger partial charge is 0.306 e. The molecule has 2 rings (SSSR count). The maximum atomic E-state index is 13.0. The number of hydrogen-bond donors (Lipinski definition) is 2. The van der Waals surface area contributed by atoms with Crippen LogP contribution in [-0.4, -0.2) is 23.0 Å². The van der Waals surface area contributed by atoms with Crippen molar-refractivity contribution in [3.63, 3.8) is 0 Å². The Bertz CT molecular complexity index is 527. The molecule has 6 heteroatoms. The molecule has 108 valence electrons. The Morgan fingerprint density at radius 3 is 2.45 bits per heavy atom. The normalized spacial score (nSPS) is 22.3. The predicted molar refractivity (Wildman–Crippen MR) is 74.9 cm³/mol. The van der Waals surface area contributed by atoms with Crippen molar-refractivity contribution in [2.45, 2.75) is 31.7 Å². The third-order valence-corrected chi connectivity index (χ3v) is 4.24. The van der Waals surface area contributed by atoms with Gasteiger partial charge in [0.25, 0.3) is 5.91 Å². The summed E-state index contributed by atoms with van der Waals surface area (Å²) in [5.74, 6) is -1.75. The first kappa shape index (κ1) is 15.0. The highest BCUT2D eigenvalue weighted by Gasteiger charge is 2.27. The van der Waals surface area contributed by atoms with Crippen molar-refractivity contribution in [3.8, 4) is 0 Å². The number of halogens is 2. The molecular weight excluding hydrogens is 329 g/mol. The zero-order valence-electron chi connectivity index (χ0n) is 10.7. The zero-order valence-corrected chi connectivity index (χ0v) is 12.3. The van der Waals surface area contributed by atoms with Gasteiger partial charge in [0.2, 0.25) is 0 Å². The van der Waals surface area contributed by atoms with Crippen LogP contribution < -0.4 is 5.32 Å². The summed E-state index contributed by atoms with van der Waals surface area (Å²) in [7, 11) is 0. The van der Waals surface area contributed by atoms with E-state index in [1.54, 1.807) is 0 Å². The molecule has 1 aliphatic rings. The van der Waals surface area contributed by atoms with Gasteiger partial charge in [0.05, 0.1) is 11.5 Å². The van der Waals surface area contributed by atoms with Gasteiger partial charge >= 0.3 is 5.97 Å². The highest BCUT2D eigenvalue weighted by molar-refractivity contribution is 9.10. The number of carbonyl (C=O) groups excluding carboxylic acids is 1. The summed E-state index contributed by atoms with van der Waals surface area (Å²) in [6.07, 6.45) is 2.46. The van der Waals surface area contributed by atoms with E-state index in [-0.39, 0.29) is 17.9 Å². The van der Waals surface area contributed by atoms with Gasteiger partial charge in [-0.3, -0.25) is 9.59 Å². The molecule has 1 aromatic carbocycles. The van der Waals surface area contributed by atoms with Crippen LogP contribution in [0.2, 0.25) is 0 Å². The summed E-state index contributed by atoms with van der Waals surface area (Å²) in [6.45, 7) is 0. The number of aliphatic carboxylic acids is 1. The third-order valence-electron chi connectivity index (χ3n) is 3.59. The van der Waals surface area contributed by atoms with Crippen LogP contribution in [0.5, 0.6) is 0 Å². The number of benzene rings is 1. The van der Waals surface area contributed by atoms with E-state index in [2.05, 4.69) is 21.2 Å². The molecular formula is C14H15BrFNO3. The van der Waals surface area contributed by atoms with Crippen molar-refractivity contribution < 1.29 is 19.1 Å². The first-order valence-electron chi connectivity index (χ1n) is 6.46. The van der Waals surface area contributed by atoms with Crippen molar-refractivity contribution >= 4 is 27.8 Å². The van der Waals surface area contributed by atoms with Crippen LogP contribution in [0.25, 0.3) is 0 Å². The average molecular weight is 344 g/mol. The first-order valence-corrected chi connectivity index (χ1v) is 7.25. The Morgan fingerprint density at radius 1 is 1.25 bits per heavy atom. The largest absolute Gasteiger partial charge is 0.481 e. The Balaban J connectivity index is 1.94. The summed E-state index contributed by atoms with van der Waals surface area (Å²) >= 11 is 3.16. The van der Waals surface area contributed by atoms with Crippen molar-refractivity contribution in [2.75, 3.05) is 0 Å². The molecule has 1 fully saturated rings.